The van der Waals surface area contributed by atoms with E-state index in [9.17, 15) is 0 Å². The summed E-state index contributed by atoms with van der Waals surface area (Å²) in [6.07, 6.45) is 0. The summed E-state index contributed by atoms with van der Waals surface area (Å²) in [5.41, 5.74) is 7.37. The Kier molecular flexibility index (Phi) is 5.57. The second kappa shape index (κ2) is 10.6. The fourth-order valence-corrected chi connectivity index (χ4v) is 9.23. The molecule has 4 aromatic heterocycles. The van der Waals surface area contributed by atoms with Crippen molar-refractivity contribution in [3.63, 3.8) is 0 Å². The molecule has 0 amide bonds. The van der Waals surface area contributed by atoms with Crippen molar-refractivity contribution in [3.05, 3.63) is 164 Å². The van der Waals surface area contributed by atoms with Crippen LogP contribution in [0.3, 0.4) is 0 Å². The normalized spacial score (nSPS) is 12.4. The molecule has 0 radical (unpaired) electrons. The maximum absolute atomic E-state index is 6.42. The van der Waals surface area contributed by atoms with E-state index in [0.717, 1.165) is 60.8 Å². The summed E-state index contributed by atoms with van der Waals surface area (Å²) in [6, 6.07) is 57.9. The Hall–Kier alpha value is -7.50. The van der Waals surface area contributed by atoms with Crippen LogP contribution in [0.5, 0.6) is 0 Å². The number of furan rings is 2. The number of hydrogen-bond acceptors (Lipinski definition) is 4. The highest BCUT2D eigenvalue weighted by molar-refractivity contribution is 6.37. The van der Waals surface area contributed by atoms with E-state index in [2.05, 4.69) is 132 Å². The molecule has 0 bridgehead atoms. The molecule has 254 valence electrons. The monoisotopic (exact) mass is 701 g/mol. The highest BCUT2D eigenvalue weighted by atomic mass is 16.3. The highest BCUT2D eigenvalue weighted by Gasteiger charge is 2.25. The molecule has 0 aliphatic heterocycles. The summed E-state index contributed by atoms with van der Waals surface area (Å²) in [4.78, 5) is 10.9. The molecule has 0 unspecified atom stereocenters. The van der Waals surface area contributed by atoms with Crippen molar-refractivity contribution < 1.29 is 8.83 Å². The van der Waals surface area contributed by atoms with Crippen LogP contribution in [-0.4, -0.2) is 14.5 Å². The number of hydrogen-bond donors (Lipinski definition) is 0. The molecule has 0 saturated heterocycles. The van der Waals surface area contributed by atoms with Gasteiger partial charge in [0.05, 0.1) is 11.0 Å². The van der Waals surface area contributed by atoms with Crippen molar-refractivity contribution in [3.8, 4) is 17.1 Å². The molecule has 5 heteroatoms. The predicted molar refractivity (Wildman–Crippen MR) is 226 cm³/mol. The molecule has 13 aromatic rings. The van der Waals surface area contributed by atoms with Gasteiger partial charge in [-0.3, -0.25) is 4.57 Å². The molecule has 0 saturated carbocycles. The van der Waals surface area contributed by atoms with Crippen molar-refractivity contribution in [1.82, 2.24) is 14.5 Å². The first kappa shape index (κ1) is 29.0. The van der Waals surface area contributed by atoms with Crippen LogP contribution in [0, 0.1) is 0 Å². The topological polar surface area (TPSA) is 57.0 Å². The molecule has 0 aliphatic rings. The molecular formula is C50H27N3O2. The van der Waals surface area contributed by atoms with Gasteiger partial charge in [0.1, 0.15) is 28.0 Å². The van der Waals surface area contributed by atoms with Crippen molar-refractivity contribution >= 4 is 109 Å². The molecule has 0 N–H and O–H groups in total. The van der Waals surface area contributed by atoms with E-state index in [1.165, 1.54) is 53.9 Å². The van der Waals surface area contributed by atoms with Crippen LogP contribution in [0.15, 0.2) is 173 Å². The highest BCUT2D eigenvalue weighted by Crippen LogP contribution is 2.46. The summed E-state index contributed by atoms with van der Waals surface area (Å²) in [5, 5.41) is 15.3. The SMILES string of the molecule is c1ccc2c(c1)ccc1c2c2c3c4ccccc4c4ccccc4c3ccc2n1-c1nc2c(nc1-c1ccc3c(c1)oc1ccccc13)oc1ccccc12. The van der Waals surface area contributed by atoms with E-state index in [4.69, 9.17) is 18.8 Å². The van der Waals surface area contributed by atoms with Gasteiger partial charge in [-0.05, 0) is 80.2 Å². The van der Waals surface area contributed by atoms with Crippen LogP contribution in [-0.2, 0) is 0 Å². The van der Waals surface area contributed by atoms with Gasteiger partial charge < -0.3 is 8.83 Å². The van der Waals surface area contributed by atoms with Gasteiger partial charge in [0.2, 0.25) is 5.71 Å². The third-order valence-corrected chi connectivity index (χ3v) is 11.6. The summed E-state index contributed by atoms with van der Waals surface area (Å²) in [7, 11) is 0. The number of nitrogens with zero attached hydrogens (tertiary/aromatic N) is 3. The van der Waals surface area contributed by atoms with Gasteiger partial charge in [0, 0.05) is 37.9 Å². The van der Waals surface area contributed by atoms with Crippen LogP contribution in [0.4, 0.5) is 0 Å². The van der Waals surface area contributed by atoms with Gasteiger partial charge in [-0.1, -0.05) is 121 Å². The Morgan fingerprint density at radius 2 is 0.945 bits per heavy atom. The summed E-state index contributed by atoms with van der Waals surface area (Å²) >= 11 is 0. The zero-order valence-corrected chi connectivity index (χ0v) is 29.2. The van der Waals surface area contributed by atoms with Gasteiger partial charge >= 0.3 is 0 Å². The van der Waals surface area contributed by atoms with E-state index >= 15 is 0 Å². The van der Waals surface area contributed by atoms with Gasteiger partial charge in [0.25, 0.3) is 0 Å². The van der Waals surface area contributed by atoms with Gasteiger partial charge in [-0.15, -0.1) is 0 Å². The number of benzene rings is 9. The fraction of sp³-hybridized carbons (Fsp3) is 0. The zero-order valence-electron chi connectivity index (χ0n) is 29.2. The van der Waals surface area contributed by atoms with E-state index in [0.29, 0.717) is 11.4 Å². The number of fused-ring (bicyclic) bond motifs is 18. The third kappa shape index (κ3) is 3.86. The molecule has 55 heavy (non-hydrogen) atoms. The predicted octanol–water partition coefficient (Wildman–Crippen LogP) is 13.7. The van der Waals surface area contributed by atoms with Crippen molar-refractivity contribution in [2.24, 2.45) is 0 Å². The average Bonchev–Trinajstić information content (AvgIpc) is 3.92. The lowest BCUT2D eigenvalue weighted by atomic mass is 9.91. The molecule has 0 fully saturated rings. The van der Waals surface area contributed by atoms with Crippen molar-refractivity contribution in [1.29, 1.82) is 0 Å². The Labute approximate surface area is 312 Å². The van der Waals surface area contributed by atoms with Gasteiger partial charge in [-0.25, -0.2) is 9.97 Å². The number of rotatable bonds is 2. The quantitative estimate of drug-likeness (QED) is 0.168. The minimum atomic E-state index is 0.499. The van der Waals surface area contributed by atoms with E-state index in [1.54, 1.807) is 0 Å². The molecule has 13 rings (SSSR count). The lowest BCUT2D eigenvalue weighted by Gasteiger charge is -2.14. The smallest absolute Gasteiger partial charge is 0.247 e. The summed E-state index contributed by atoms with van der Waals surface area (Å²) < 4.78 is 15.1. The molecule has 9 aromatic carbocycles. The minimum absolute atomic E-state index is 0.499. The standard InChI is InChI=1S/C50H27N3O2/c1-2-12-30-28(11-1)22-25-39-45(30)46-40(26-24-37-33-15-4-3-13-31(33)32-14-5-6-17-36(32)44(37)46)53(39)49-47(52-50-48(51-49)38-18-8-10-20-42(38)55-50)29-21-23-35-34-16-7-9-19-41(34)54-43(35)27-29/h1-27H. The number of para-hydroxylation sites is 2. The fourth-order valence-electron chi connectivity index (χ4n) is 9.23. The van der Waals surface area contributed by atoms with Crippen molar-refractivity contribution in [2.45, 2.75) is 0 Å². The summed E-state index contributed by atoms with van der Waals surface area (Å²) in [5.74, 6) is 0.731. The second-order valence-electron chi connectivity index (χ2n) is 14.4. The van der Waals surface area contributed by atoms with Crippen LogP contribution >= 0.6 is 0 Å². The van der Waals surface area contributed by atoms with E-state index < -0.39 is 0 Å². The lowest BCUT2D eigenvalue weighted by molar-refractivity contribution is 0.653. The van der Waals surface area contributed by atoms with Gasteiger partial charge in [-0.2, -0.15) is 0 Å². The molecule has 5 nitrogen and oxygen atoms in total. The maximum Gasteiger partial charge on any atom is 0.247 e. The Bertz CT molecular complexity index is 3760. The van der Waals surface area contributed by atoms with Crippen LogP contribution in [0.2, 0.25) is 0 Å². The molecule has 0 aliphatic carbocycles. The number of aromatic nitrogens is 3. The third-order valence-electron chi connectivity index (χ3n) is 11.6. The van der Waals surface area contributed by atoms with E-state index in [-0.39, 0.29) is 0 Å². The van der Waals surface area contributed by atoms with E-state index in [1.807, 2.05) is 36.4 Å². The first-order valence-corrected chi connectivity index (χ1v) is 18.6. The molecule has 0 spiro atoms. The molecule has 0 atom stereocenters. The zero-order chi connectivity index (χ0) is 35.8. The van der Waals surface area contributed by atoms with Crippen LogP contribution < -0.4 is 0 Å². The second-order valence-corrected chi connectivity index (χ2v) is 14.4. The van der Waals surface area contributed by atoms with Crippen LogP contribution in [0.1, 0.15) is 0 Å². The molecule has 4 heterocycles. The Balaban J connectivity index is 1.24. The Morgan fingerprint density at radius 1 is 0.382 bits per heavy atom. The first-order chi connectivity index (χ1) is 27.3. The lowest BCUT2D eigenvalue weighted by Crippen LogP contribution is -2.03. The maximum atomic E-state index is 6.42. The largest absolute Gasteiger partial charge is 0.456 e. The van der Waals surface area contributed by atoms with Crippen molar-refractivity contribution in [2.75, 3.05) is 0 Å². The Morgan fingerprint density at radius 3 is 1.75 bits per heavy atom. The van der Waals surface area contributed by atoms with Crippen LogP contribution in [0.25, 0.3) is 126 Å². The van der Waals surface area contributed by atoms with Gasteiger partial charge in [0.15, 0.2) is 5.82 Å². The average molecular weight is 702 g/mol. The summed E-state index contributed by atoms with van der Waals surface area (Å²) in [6.45, 7) is 0. The first-order valence-electron chi connectivity index (χ1n) is 18.6. The molecular weight excluding hydrogens is 675 g/mol. The minimum Gasteiger partial charge on any atom is -0.456 e.